The van der Waals surface area contributed by atoms with Crippen LogP contribution in [0.4, 0.5) is 13.2 Å². The number of allylic oxidation sites excluding steroid dienone is 2. The monoisotopic (exact) mass is 569 g/mol. The van der Waals surface area contributed by atoms with Crippen molar-refractivity contribution in [1.82, 2.24) is 25.8 Å². The Morgan fingerprint density at radius 3 is 2.49 bits per heavy atom. The van der Waals surface area contributed by atoms with Gasteiger partial charge in [-0.05, 0) is 59.0 Å². The fourth-order valence-electron chi connectivity index (χ4n) is 5.24. The van der Waals surface area contributed by atoms with Crippen molar-refractivity contribution in [3.05, 3.63) is 33.4 Å². The Labute approximate surface area is 231 Å². The molecule has 0 aromatic carbocycles. The number of nitrogens with zero attached hydrogens (tertiary/aromatic N) is 2. The number of halogens is 3. The molecule has 39 heavy (non-hydrogen) atoms. The molecule has 1 aromatic heterocycles. The number of dihydropyridines is 1. The molecule has 2 fully saturated rings. The van der Waals surface area contributed by atoms with Crippen molar-refractivity contribution in [2.45, 2.75) is 102 Å². The van der Waals surface area contributed by atoms with Gasteiger partial charge in [0.15, 0.2) is 5.01 Å². The first-order valence-corrected chi connectivity index (χ1v) is 14.5. The van der Waals surface area contributed by atoms with Crippen molar-refractivity contribution in [2.24, 2.45) is 0 Å². The minimum Gasteiger partial charge on any atom is -0.389 e. The van der Waals surface area contributed by atoms with Gasteiger partial charge in [-0.1, -0.05) is 19.3 Å². The molecule has 3 aliphatic rings. The van der Waals surface area contributed by atoms with Crippen molar-refractivity contribution in [2.75, 3.05) is 13.1 Å². The number of carbonyl (C=O) groups is 2. The molecule has 2 amide bonds. The first-order valence-electron chi connectivity index (χ1n) is 13.7. The topological polar surface area (TPSA) is 107 Å². The average molecular weight is 570 g/mol. The predicted octanol–water partition coefficient (Wildman–Crippen LogP) is 4.34. The summed E-state index contributed by atoms with van der Waals surface area (Å²) in [5, 5.41) is 18.5. The number of likely N-dealkylation sites (tertiary alicyclic amines) is 1. The Morgan fingerprint density at radius 2 is 1.85 bits per heavy atom. The van der Waals surface area contributed by atoms with Crippen LogP contribution in [-0.2, 0) is 0 Å². The molecule has 0 spiro atoms. The van der Waals surface area contributed by atoms with Gasteiger partial charge in [0, 0.05) is 36.9 Å². The maximum absolute atomic E-state index is 14.2. The number of hydrogen-bond acceptors (Lipinski definition) is 7. The van der Waals surface area contributed by atoms with Crippen LogP contribution in [0.25, 0.3) is 5.57 Å². The summed E-state index contributed by atoms with van der Waals surface area (Å²) in [7, 11) is 0. The molecule has 2 aliphatic heterocycles. The molecule has 4 rings (SSSR count). The van der Waals surface area contributed by atoms with E-state index in [2.05, 4.69) is 20.9 Å². The van der Waals surface area contributed by atoms with Crippen LogP contribution in [0.15, 0.2) is 17.8 Å². The van der Waals surface area contributed by atoms with Crippen LogP contribution >= 0.6 is 11.3 Å². The van der Waals surface area contributed by atoms with E-state index in [1.54, 1.807) is 4.90 Å². The summed E-state index contributed by atoms with van der Waals surface area (Å²) in [5.41, 5.74) is -1.84. The number of aliphatic hydroxyl groups is 1. The molecule has 3 heterocycles. The van der Waals surface area contributed by atoms with Crippen molar-refractivity contribution >= 4 is 28.7 Å². The molecule has 2 unspecified atom stereocenters. The fourth-order valence-corrected chi connectivity index (χ4v) is 6.20. The molecule has 216 valence electrons. The minimum atomic E-state index is -4.61. The van der Waals surface area contributed by atoms with E-state index in [4.69, 9.17) is 0 Å². The van der Waals surface area contributed by atoms with Crippen molar-refractivity contribution in [3.63, 3.8) is 0 Å². The summed E-state index contributed by atoms with van der Waals surface area (Å²) in [4.78, 5) is 32.7. The van der Waals surface area contributed by atoms with Gasteiger partial charge in [0.25, 0.3) is 11.8 Å². The van der Waals surface area contributed by atoms with Crippen molar-refractivity contribution in [3.8, 4) is 0 Å². The summed E-state index contributed by atoms with van der Waals surface area (Å²) in [6.45, 7) is 5.47. The number of piperidine rings is 1. The molecule has 1 aromatic rings. The zero-order chi connectivity index (χ0) is 28.4. The molecule has 1 saturated heterocycles. The summed E-state index contributed by atoms with van der Waals surface area (Å²) in [6, 6.07) is -0.0544. The Morgan fingerprint density at radius 1 is 1.15 bits per heavy atom. The first kappa shape index (κ1) is 29.5. The largest absolute Gasteiger partial charge is 0.415 e. The SMILES string of the molecule is CC1CCCCN1C(=O)c1nc(C(=O)NCC(C)(C)O)sc1C1=CNC(NC2CCCCC2)C(C(F)(F)F)=C1. The van der Waals surface area contributed by atoms with Gasteiger partial charge in [0.05, 0.1) is 16.1 Å². The van der Waals surface area contributed by atoms with Crippen LogP contribution in [0.3, 0.4) is 0 Å². The smallest absolute Gasteiger partial charge is 0.389 e. The molecular weight excluding hydrogens is 531 g/mol. The number of rotatable bonds is 7. The van der Waals surface area contributed by atoms with E-state index >= 15 is 0 Å². The summed E-state index contributed by atoms with van der Waals surface area (Å²) in [5.74, 6) is -1.00. The third kappa shape index (κ3) is 7.40. The number of alkyl halides is 3. The normalized spacial score (nSPS) is 23.1. The Kier molecular flexibility index (Phi) is 9.07. The molecule has 1 aliphatic carbocycles. The van der Waals surface area contributed by atoms with E-state index in [0.717, 1.165) is 68.8 Å². The summed E-state index contributed by atoms with van der Waals surface area (Å²) >= 11 is 0.875. The maximum Gasteiger partial charge on any atom is 0.415 e. The van der Waals surface area contributed by atoms with E-state index in [0.29, 0.717) is 6.54 Å². The van der Waals surface area contributed by atoms with Crippen LogP contribution in [0.2, 0.25) is 0 Å². The summed E-state index contributed by atoms with van der Waals surface area (Å²) < 4.78 is 42.7. The lowest BCUT2D eigenvalue weighted by molar-refractivity contribution is -0.0979. The van der Waals surface area contributed by atoms with E-state index < -0.39 is 35.3 Å². The van der Waals surface area contributed by atoms with E-state index in [9.17, 15) is 27.9 Å². The second-order valence-corrected chi connectivity index (χ2v) is 12.3. The van der Waals surface area contributed by atoms with Gasteiger partial charge in [-0.25, -0.2) is 4.98 Å². The zero-order valence-electron chi connectivity index (χ0n) is 22.7. The van der Waals surface area contributed by atoms with Gasteiger partial charge < -0.3 is 20.6 Å². The lowest BCUT2D eigenvalue weighted by Crippen LogP contribution is -2.51. The zero-order valence-corrected chi connectivity index (χ0v) is 23.5. The standard InChI is InChI=1S/C27H38F3N5O3S/c1-16-9-7-8-12-35(16)25(37)20-21(39-24(34-20)23(36)32-15-26(2,3)38)17-13-19(27(28,29)30)22(31-14-17)33-18-10-5-4-6-11-18/h13-14,16,18,22,31,33,38H,4-12,15H2,1-3H3,(H,32,36). The minimum absolute atomic E-state index is 0.0100. The number of nitrogens with one attached hydrogen (secondary N) is 3. The average Bonchev–Trinajstić information content (AvgIpc) is 3.33. The molecule has 0 radical (unpaired) electrons. The molecule has 0 bridgehead atoms. The molecular formula is C27H38F3N5O3S. The maximum atomic E-state index is 14.2. The highest BCUT2D eigenvalue weighted by atomic mass is 32.1. The number of hydrogen-bond donors (Lipinski definition) is 4. The Bertz CT molecular complexity index is 1120. The summed E-state index contributed by atoms with van der Waals surface area (Å²) in [6.07, 6.45) is 4.14. The van der Waals surface area contributed by atoms with Crippen LogP contribution < -0.4 is 16.0 Å². The van der Waals surface area contributed by atoms with Gasteiger partial charge >= 0.3 is 6.18 Å². The number of carbonyl (C=O) groups excluding carboxylic acids is 2. The van der Waals surface area contributed by atoms with E-state index in [1.165, 1.54) is 20.0 Å². The molecule has 12 heteroatoms. The van der Waals surface area contributed by atoms with Crippen LogP contribution in [0.5, 0.6) is 0 Å². The lowest BCUT2D eigenvalue weighted by Gasteiger charge is -2.34. The predicted molar refractivity (Wildman–Crippen MR) is 144 cm³/mol. The van der Waals surface area contributed by atoms with E-state index in [1.807, 2.05) is 6.92 Å². The third-order valence-electron chi connectivity index (χ3n) is 7.39. The number of thiazole rings is 1. The van der Waals surface area contributed by atoms with Gasteiger partial charge in [0.1, 0.15) is 11.9 Å². The third-order valence-corrected chi connectivity index (χ3v) is 8.50. The van der Waals surface area contributed by atoms with Gasteiger partial charge in [0.2, 0.25) is 0 Å². The Hall–Kier alpha value is -2.44. The van der Waals surface area contributed by atoms with Gasteiger partial charge in [-0.3, -0.25) is 14.9 Å². The highest BCUT2D eigenvalue weighted by molar-refractivity contribution is 7.15. The second kappa shape index (κ2) is 12.0. The first-order chi connectivity index (χ1) is 18.3. The highest BCUT2D eigenvalue weighted by Crippen LogP contribution is 2.37. The quantitative estimate of drug-likeness (QED) is 0.389. The number of amides is 2. The Balaban J connectivity index is 1.68. The fraction of sp³-hybridized carbons (Fsp3) is 0.667. The van der Waals surface area contributed by atoms with Crippen molar-refractivity contribution < 1.29 is 27.9 Å². The second-order valence-electron chi connectivity index (χ2n) is 11.3. The van der Waals surface area contributed by atoms with E-state index in [-0.39, 0.29) is 39.8 Å². The van der Waals surface area contributed by atoms with Gasteiger partial charge in [-0.2, -0.15) is 13.2 Å². The lowest BCUT2D eigenvalue weighted by atomic mass is 9.94. The van der Waals surface area contributed by atoms with Crippen LogP contribution in [0, 0.1) is 0 Å². The van der Waals surface area contributed by atoms with Crippen molar-refractivity contribution in [1.29, 1.82) is 0 Å². The van der Waals surface area contributed by atoms with Gasteiger partial charge in [-0.15, -0.1) is 11.3 Å². The van der Waals surface area contributed by atoms with Crippen LogP contribution in [0.1, 0.15) is 97.3 Å². The number of aromatic nitrogens is 1. The molecule has 8 nitrogen and oxygen atoms in total. The molecule has 4 N–H and O–H groups in total. The van der Waals surface area contributed by atoms with Crippen LogP contribution in [-0.4, -0.2) is 69.9 Å². The molecule has 2 atom stereocenters. The molecule has 1 saturated carbocycles. The highest BCUT2D eigenvalue weighted by Gasteiger charge is 2.42.